The molecule has 2 rings (SSSR count). The highest BCUT2D eigenvalue weighted by atomic mass is 35.5. The van der Waals surface area contributed by atoms with Crippen molar-refractivity contribution in [2.45, 2.75) is 0 Å². The van der Waals surface area contributed by atoms with Gasteiger partial charge in [-0.25, -0.2) is 0 Å². The molecule has 0 heterocycles. The number of nitro benzene ring substituents is 1. The molecule has 0 radical (unpaired) electrons. The Hall–Kier alpha value is -2.91. The Morgan fingerprint density at radius 3 is 1.93 bits per heavy atom. The van der Waals surface area contributed by atoms with Gasteiger partial charge in [0.15, 0.2) is 11.5 Å². The number of hydrogen-bond acceptors (Lipinski definition) is 7. The maximum Gasteiger partial charge on any atom is 0.272 e. The Morgan fingerprint density at radius 1 is 1.00 bits per heavy atom. The van der Waals surface area contributed by atoms with E-state index in [2.05, 4.69) is 5.32 Å². The molecule has 0 saturated heterocycles. The van der Waals surface area contributed by atoms with Crippen molar-refractivity contribution in [3.63, 3.8) is 0 Å². The van der Waals surface area contributed by atoms with E-state index in [-0.39, 0.29) is 54.8 Å². The lowest BCUT2D eigenvalue weighted by Crippen LogP contribution is -2.04. The Kier molecular flexibility index (Phi) is 6.19. The van der Waals surface area contributed by atoms with Crippen LogP contribution in [0.3, 0.4) is 0 Å². The number of nitriles is 2. The molecule has 0 aliphatic carbocycles. The van der Waals surface area contributed by atoms with Crippen molar-refractivity contribution < 1.29 is 14.4 Å². The first-order valence-corrected chi connectivity index (χ1v) is 8.12. The van der Waals surface area contributed by atoms with Crippen LogP contribution < -0.4 is 14.8 Å². The highest BCUT2D eigenvalue weighted by Crippen LogP contribution is 2.47. The molecule has 0 unspecified atom stereocenters. The van der Waals surface area contributed by atoms with Gasteiger partial charge in [0.1, 0.15) is 34.0 Å². The first-order valence-electron chi connectivity index (χ1n) is 6.98. The maximum absolute atomic E-state index is 10.9. The summed E-state index contributed by atoms with van der Waals surface area (Å²) in [5.74, 6) is -0.0847. The summed E-state index contributed by atoms with van der Waals surface area (Å²) < 4.78 is 10.4. The number of nitrogens with one attached hydrogen (secondary N) is 1. The van der Waals surface area contributed by atoms with E-state index in [1.807, 2.05) is 12.1 Å². The maximum atomic E-state index is 10.9. The van der Waals surface area contributed by atoms with Crippen LogP contribution in [0.1, 0.15) is 11.1 Å². The second kappa shape index (κ2) is 8.19. The van der Waals surface area contributed by atoms with Gasteiger partial charge < -0.3 is 14.8 Å². The molecule has 0 aliphatic rings. The molecule has 2 aromatic carbocycles. The summed E-state index contributed by atoms with van der Waals surface area (Å²) in [6.45, 7) is 0. The van der Waals surface area contributed by atoms with Crippen molar-refractivity contribution in [1.29, 1.82) is 10.5 Å². The van der Waals surface area contributed by atoms with Crippen LogP contribution in [0.4, 0.5) is 17.1 Å². The van der Waals surface area contributed by atoms with Crippen LogP contribution in [0.2, 0.25) is 15.1 Å². The van der Waals surface area contributed by atoms with Gasteiger partial charge in [-0.1, -0.05) is 34.8 Å². The molecule has 11 heteroatoms. The highest BCUT2D eigenvalue weighted by Gasteiger charge is 2.26. The van der Waals surface area contributed by atoms with Crippen molar-refractivity contribution >= 4 is 51.9 Å². The Balaban J connectivity index is 2.78. The lowest BCUT2D eigenvalue weighted by Gasteiger charge is -2.19. The molecule has 8 nitrogen and oxygen atoms in total. The minimum atomic E-state index is -0.648. The van der Waals surface area contributed by atoms with Crippen molar-refractivity contribution in [2.75, 3.05) is 19.5 Å². The molecule has 0 spiro atoms. The molecule has 0 atom stereocenters. The van der Waals surface area contributed by atoms with E-state index < -0.39 is 4.92 Å². The highest BCUT2D eigenvalue weighted by molar-refractivity contribution is 6.40. The van der Waals surface area contributed by atoms with Gasteiger partial charge in [0.2, 0.25) is 0 Å². The number of hydrogen-bond donors (Lipinski definition) is 1. The number of ether oxygens (including phenoxy) is 2. The van der Waals surface area contributed by atoms with Crippen LogP contribution >= 0.6 is 34.8 Å². The SMILES string of the molecule is COc1c(C#N)c(Cl)c(OC)c(Nc2c(Cl)cc([N+](=O)[O-])cc2Cl)c1C#N. The summed E-state index contributed by atoms with van der Waals surface area (Å²) in [4.78, 5) is 10.3. The third-order valence-corrected chi connectivity index (χ3v) is 4.43. The van der Waals surface area contributed by atoms with E-state index in [0.29, 0.717) is 0 Å². The molecule has 27 heavy (non-hydrogen) atoms. The summed E-state index contributed by atoms with van der Waals surface area (Å²) >= 11 is 18.4. The minimum absolute atomic E-state index is 0.0175. The number of nitrogens with zero attached hydrogens (tertiary/aromatic N) is 3. The van der Waals surface area contributed by atoms with Gasteiger partial charge >= 0.3 is 0 Å². The topological polar surface area (TPSA) is 121 Å². The second-order valence-electron chi connectivity index (χ2n) is 4.90. The van der Waals surface area contributed by atoms with Crippen molar-refractivity contribution in [2.24, 2.45) is 0 Å². The fraction of sp³-hybridized carbons (Fsp3) is 0.125. The average molecular weight is 428 g/mol. The van der Waals surface area contributed by atoms with Gasteiger partial charge in [-0.15, -0.1) is 0 Å². The predicted molar refractivity (Wildman–Crippen MR) is 100 cm³/mol. The Labute approximate surface area is 168 Å². The zero-order valence-corrected chi connectivity index (χ0v) is 16.0. The summed E-state index contributed by atoms with van der Waals surface area (Å²) in [7, 11) is 2.57. The number of halogens is 3. The van der Waals surface area contributed by atoms with Crippen LogP contribution in [0.5, 0.6) is 11.5 Å². The lowest BCUT2D eigenvalue weighted by atomic mass is 10.1. The van der Waals surface area contributed by atoms with Crippen molar-refractivity contribution in [3.05, 3.63) is 48.4 Å². The molecule has 138 valence electrons. The fourth-order valence-corrected chi connectivity index (χ4v) is 3.18. The zero-order valence-electron chi connectivity index (χ0n) is 13.8. The van der Waals surface area contributed by atoms with Crippen molar-refractivity contribution in [1.82, 2.24) is 0 Å². The standard InChI is InChI=1S/C16H9Cl3N4O4/c1-26-15-8(5-20)12(19)16(27-2)13(9(15)6-21)22-14-10(17)3-7(23(24)25)4-11(14)18/h3-4,22H,1-2H3. The van der Waals surface area contributed by atoms with Gasteiger partial charge in [-0.2, -0.15) is 10.5 Å². The number of methoxy groups -OCH3 is 2. The molecule has 0 fully saturated rings. The number of anilines is 2. The average Bonchev–Trinajstić information content (AvgIpc) is 2.63. The van der Waals surface area contributed by atoms with Crippen LogP contribution in [-0.2, 0) is 0 Å². The number of nitro groups is 1. The van der Waals surface area contributed by atoms with Crippen LogP contribution in [0, 0.1) is 32.8 Å². The summed E-state index contributed by atoms with van der Waals surface area (Å²) in [5.41, 5.74) is -0.349. The minimum Gasteiger partial charge on any atom is -0.494 e. The van der Waals surface area contributed by atoms with E-state index in [9.17, 15) is 20.6 Å². The zero-order chi connectivity index (χ0) is 20.3. The largest absolute Gasteiger partial charge is 0.494 e. The van der Waals surface area contributed by atoms with Crippen LogP contribution in [0.15, 0.2) is 12.1 Å². The van der Waals surface area contributed by atoms with E-state index in [1.54, 1.807) is 0 Å². The summed E-state index contributed by atoms with van der Waals surface area (Å²) in [5, 5.41) is 32.4. The van der Waals surface area contributed by atoms with Gasteiger partial charge in [0.05, 0.1) is 34.9 Å². The number of benzene rings is 2. The fourth-order valence-electron chi connectivity index (χ4n) is 2.31. The predicted octanol–water partition coefficient (Wildman–Crippen LogP) is 5.06. The molecule has 1 N–H and O–H groups in total. The Bertz CT molecular complexity index is 1010. The summed E-state index contributed by atoms with van der Waals surface area (Å²) in [6.07, 6.45) is 0. The van der Waals surface area contributed by atoms with Gasteiger partial charge in [-0.3, -0.25) is 10.1 Å². The Morgan fingerprint density at radius 2 is 1.52 bits per heavy atom. The first-order chi connectivity index (χ1) is 12.8. The smallest absolute Gasteiger partial charge is 0.272 e. The third-order valence-electron chi connectivity index (χ3n) is 3.47. The van der Waals surface area contributed by atoms with E-state index in [1.165, 1.54) is 14.2 Å². The first kappa shape index (κ1) is 20.4. The molecule has 0 saturated carbocycles. The number of non-ortho nitro benzene ring substituents is 1. The van der Waals surface area contributed by atoms with Crippen LogP contribution in [0.25, 0.3) is 0 Å². The quantitative estimate of drug-likeness (QED) is 0.523. The van der Waals surface area contributed by atoms with Crippen molar-refractivity contribution in [3.8, 4) is 23.6 Å². The second-order valence-corrected chi connectivity index (χ2v) is 6.09. The summed E-state index contributed by atoms with van der Waals surface area (Å²) in [6, 6.07) is 5.95. The lowest BCUT2D eigenvalue weighted by molar-refractivity contribution is -0.384. The monoisotopic (exact) mass is 426 g/mol. The van der Waals surface area contributed by atoms with E-state index >= 15 is 0 Å². The molecular formula is C16H9Cl3N4O4. The van der Waals surface area contributed by atoms with E-state index in [0.717, 1.165) is 12.1 Å². The number of rotatable bonds is 5. The van der Waals surface area contributed by atoms with Gasteiger partial charge in [0, 0.05) is 12.1 Å². The van der Waals surface area contributed by atoms with Gasteiger partial charge in [0.25, 0.3) is 5.69 Å². The third kappa shape index (κ3) is 3.64. The molecular weight excluding hydrogens is 419 g/mol. The van der Waals surface area contributed by atoms with E-state index in [4.69, 9.17) is 44.3 Å². The molecule has 0 aliphatic heterocycles. The molecule has 0 amide bonds. The molecule has 0 bridgehead atoms. The van der Waals surface area contributed by atoms with Gasteiger partial charge in [-0.05, 0) is 0 Å². The van der Waals surface area contributed by atoms with Crippen LogP contribution in [-0.4, -0.2) is 19.1 Å². The molecule has 0 aromatic heterocycles. The normalized spacial score (nSPS) is 9.89. The molecule has 2 aromatic rings.